The molecule has 1 aromatic rings. The summed E-state index contributed by atoms with van der Waals surface area (Å²) < 4.78 is 0. The van der Waals surface area contributed by atoms with E-state index in [4.69, 9.17) is 22.9 Å². The zero-order valence-corrected chi connectivity index (χ0v) is 38.1. The number of likely N-dealkylation sites (tertiary alicyclic amines) is 1. The van der Waals surface area contributed by atoms with Crippen LogP contribution in [0.25, 0.3) is 0 Å². The van der Waals surface area contributed by atoms with Crippen molar-refractivity contribution in [3.63, 3.8) is 0 Å². The molecule has 1 fully saturated rings. The van der Waals surface area contributed by atoms with E-state index in [0.29, 0.717) is 31.4 Å². The molecule has 0 unspecified atom stereocenters. The van der Waals surface area contributed by atoms with E-state index >= 15 is 0 Å². The molecule has 1 aliphatic rings. The van der Waals surface area contributed by atoms with Gasteiger partial charge >= 0.3 is 5.97 Å². The van der Waals surface area contributed by atoms with Crippen LogP contribution in [0.1, 0.15) is 77.8 Å². The number of amides is 8. The molecule has 27 nitrogen and oxygen atoms in total. The number of aliphatic imine (C=N–C) groups is 1. The summed E-state index contributed by atoms with van der Waals surface area (Å²) in [5.41, 5.74) is 23.0. The molecule has 8 amide bonds. The second-order valence-corrected chi connectivity index (χ2v) is 16.5. The van der Waals surface area contributed by atoms with Crippen molar-refractivity contribution in [2.75, 3.05) is 39.3 Å². The Hall–Kier alpha value is -6.45. The predicted octanol–water partition coefficient (Wildman–Crippen LogP) is -6.39. The molecule has 0 spiro atoms. The van der Waals surface area contributed by atoms with Crippen molar-refractivity contribution in [3.8, 4) is 0 Å². The first-order chi connectivity index (χ1) is 31.7. The summed E-state index contributed by atoms with van der Waals surface area (Å²) in [5, 5.41) is 45.7. The Balaban J connectivity index is 2.28. The van der Waals surface area contributed by atoms with Crippen LogP contribution in [0.15, 0.2) is 17.5 Å². The van der Waals surface area contributed by atoms with Crippen LogP contribution >= 0.6 is 0 Å². The number of nitrogens with one attached hydrogen (secondary N) is 8. The lowest BCUT2D eigenvalue weighted by Crippen LogP contribution is -2.59. The van der Waals surface area contributed by atoms with Crippen molar-refractivity contribution in [2.45, 2.75) is 127 Å². The zero-order chi connectivity index (χ0) is 50.2. The number of guanidine groups is 1. The van der Waals surface area contributed by atoms with E-state index in [1.165, 1.54) is 24.3 Å². The summed E-state index contributed by atoms with van der Waals surface area (Å²) in [7, 11) is 0. The topological polar surface area (TPSA) is 447 Å². The number of hydrogen-bond acceptors (Lipinski definition) is 15. The third-order valence-corrected chi connectivity index (χ3v) is 10.4. The Morgan fingerprint density at radius 3 is 2.06 bits per heavy atom. The number of hydrogen-bond donors (Lipinski definition) is 15. The quantitative estimate of drug-likeness (QED) is 0.0194. The number of aliphatic hydroxyl groups excluding tert-OH is 2. The van der Waals surface area contributed by atoms with Gasteiger partial charge in [0.25, 0.3) is 0 Å². The fourth-order valence-electron chi connectivity index (χ4n) is 6.92. The Kier molecular flexibility index (Phi) is 24.7. The van der Waals surface area contributed by atoms with Gasteiger partial charge in [0.15, 0.2) is 12.0 Å². The molecule has 19 N–H and O–H groups in total. The maximum Gasteiger partial charge on any atom is 0.328 e. The Morgan fingerprint density at radius 1 is 0.836 bits per heavy atom. The molecule has 2 heterocycles. The van der Waals surface area contributed by atoms with Gasteiger partial charge in [0.1, 0.15) is 30.2 Å². The van der Waals surface area contributed by atoms with E-state index in [2.05, 4.69) is 52.2 Å². The molecular weight excluding hydrogens is 883 g/mol. The minimum absolute atomic E-state index is 0.0480. The molecule has 0 radical (unpaired) electrons. The lowest BCUT2D eigenvalue weighted by atomic mass is 10.0. The summed E-state index contributed by atoms with van der Waals surface area (Å²) in [4.78, 5) is 130. The first kappa shape index (κ1) is 56.7. The summed E-state index contributed by atoms with van der Waals surface area (Å²) in [6.07, 6.45) is 3.07. The van der Waals surface area contributed by atoms with Crippen LogP contribution in [0.2, 0.25) is 0 Å². The number of carboxylic acids is 1. The molecule has 1 saturated heterocycles. The second-order valence-electron chi connectivity index (χ2n) is 16.5. The summed E-state index contributed by atoms with van der Waals surface area (Å²) in [6, 6.07) is -9.02. The summed E-state index contributed by atoms with van der Waals surface area (Å²) in [6.45, 7) is 3.17. The Morgan fingerprint density at radius 2 is 1.46 bits per heavy atom. The van der Waals surface area contributed by atoms with Crippen LogP contribution in [-0.2, 0) is 49.6 Å². The summed E-state index contributed by atoms with van der Waals surface area (Å²) >= 11 is 0. The molecule has 2 rings (SSSR count). The van der Waals surface area contributed by atoms with Crippen molar-refractivity contribution >= 4 is 59.2 Å². The molecule has 27 heteroatoms. The van der Waals surface area contributed by atoms with Gasteiger partial charge in [-0.05, 0) is 70.8 Å². The zero-order valence-electron chi connectivity index (χ0n) is 38.1. The smallest absolute Gasteiger partial charge is 0.328 e. The molecule has 0 bridgehead atoms. The standard InChI is InChI=1S/C40H69N15O12/c1-21(2)14-24(42)33(60)53-28(19-56)34(61)47-17-30(58)50-27(15-23-16-45-20-49-23)36(63)51-25(9-6-12-46-40(43)44)35(62)52-26(8-4-5-11-41)38(65)55-13-7-10-29(55)37(64)48-18-31(59)54-32(22(3)57)39(66)67/h16,20-22,24-29,32,56-57H,4-15,17-19,41-42H2,1-3H3,(H,45,49)(H,47,61)(H,48,64)(H,50,58)(H,51,63)(H,52,62)(H,53,60)(H,54,59)(H,66,67)(H4,43,44,46)/t22-,24+,25+,26+,27+,28+,29+,32+/m1/s1. The average molecular weight is 952 g/mol. The fraction of sp³-hybridized carbons (Fsp3) is 0.675. The lowest BCUT2D eigenvalue weighted by Gasteiger charge is -2.30. The van der Waals surface area contributed by atoms with Crippen molar-refractivity contribution in [2.24, 2.45) is 33.8 Å². The Labute approximate surface area is 387 Å². The number of carbonyl (C=O) groups excluding carboxylic acids is 8. The molecule has 1 aliphatic heterocycles. The maximum absolute atomic E-state index is 14.2. The fourth-order valence-corrected chi connectivity index (χ4v) is 6.92. The highest BCUT2D eigenvalue weighted by Crippen LogP contribution is 2.20. The first-order valence-corrected chi connectivity index (χ1v) is 22.0. The monoisotopic (exact) mass is 952 g/mol. The largest absolute Gasteiger partial charge is 0.480 e. The van der Waals surface area contributed by atoms with E-state index in [0.717, 1.165) is 0 Å². The molecular formula is C40H69N15O12. The highest BCUT2D eigenvalue weighted by atomic mass is 16.4. The SMILES string of the molecule is CC(C)C[C@H](N)C(=O)N[C@@H](CO)C(=O)NCC(=O)N[C@@H](Cc1cnc[nH]1)C(=O)N[C@@H](CCCN=C(N)N)C(=O)N[C@@H](CCCCN)C(=O)N1CCC[C@H]1C(=O)NCC(=O)N[C@H](C(=O)O)[C@@H](C)O. The van der Waals surface area contributed by atoms with Crippen molar-refractivity contribution in [1.82, 2.24) is 52.1 Å². The van der Waals surface area contributed by atoms with Gasteiger partial charge < -0.3 is 85.4 Å². The van der Waals surface area contributed by atoms with Crippen molar-refractivity contribution in [3.05, 3.63) is 18.2 Å². The number of imidazole rings is 1. The number of H-pyrrole nitrogens is 1. The van der Waals surface area contributed by atoms with Gasteiger partial charge in [-0.3, -0.25) is 43.3 Å². The number of aliphatic hydroxyl groups is 2. The minimum Gasteiger partial charge on any atom is -0.480 e. The molecule has 376 valence electrons. The molecule has 0 aliphatic carbocycles. The molecule has 0 aromatic carbocycles. The van der Waals surface area contributed by atoms with E-state index in [1.807, 2.05) is 13.8 Å². The average Bonchev–Trinajstić information content (AvgIpc) is 3.98. The van der Waals surface area contributed by atoms with Gasteiger partial charge in [-0.2, -0.15) is 0 Å². The van der Waals surface area contributed by atoms with E-state index in [-0.39, 0.29) is 63.6 Å². The third kappa shape index (κ3) is 20.3. The summed E-state index contributed by atoms with van der Waals surface area (Å²) in [5.74, 6) is -7.98. The predicted molar refractivity (Wildman–Crippen MR) is 239 cm³/mol. The van der Waals surface area contributed by atoms with Crippen LogP contribution in [0.4, 0.5) is 0 Å². The van der Waals surface area contributed by atoms with E-state index < -0.39 is 121 Å². The van der Waals surface area contributed by atoms with Crippen molar-refractivity contribution in [1.29, 1.82) is 0 Å². The number of rotatable bonds is 30. The van der Waals surface area contributed by atoms with E-state index in [1.54, 1.807) is 0 Å². The van der Waals surface area contributed by atoms with Gasteiger partial charge in [0.05, 0.1) is 38.2 Å². The number of unbranched alkanes of at least 4 members (excludes halogenated alkanes) is 1. The Bertz CT molecular complexity index is 1840. The molecule has 67 heavy (non-hydrogen) atoms. The number of carboxylic acid groups (broad SMARTS) is 1. The minimum atomic E-state index is -1.62. The van der Waals surface area contributed by atoms with Gasteiger partial charge in [0.2, 0.25) is 47.3 Å². The van der Waals surface area contributed by atoms with Crippen molar-refractivity contribution < 1.29 is 58.5 Å². The van der Waals surface area contributed by atoms with Gasteiger partial charge in [-0.15, -0.1) is 0 Å². The first-order valence-electron chi connectivity index (χ1n) is 22.0. The number of aromatic nitrogens is 2. The molecule has 0 saturated carbocycles. The second kappa shape index (κ2) is 29.2. The number of carbonyl (C=O) groups is 9. The number of nitrogens with zero attached hydrogens (tertiary/aromatic N) is 3. The van der Waals surface area contributed by atoms with Crippen LogP contribution < -0.4 is 60.2 Å². The molecule has 1 aromatic heterocycles. The highest BCUT2D eigenvalue weighted by Gasteiger charge is 2.39. The third-order valence-electron chi connectivity index (χ3n) is 10.4. The van der Waals surface area contributed by atoms with Gasteiger partial charge in [-0.1, -0.05) is 13.8 Å². The van der Waals surface area contributed by atoms with Crippen LogP contribution in [0.3, 0.4) is 0 Å². The number of aliphatic carboxylic acids is 1. The van der Waals surface area contributed by atoms with Gasteiger partial charge in [-0.25, -0.2) is 9.78 Å². The van der Waals surface area contributed by atoms with Crippen LogP contribution in [-0.4, -0.2) is 177 Å². The normalized spacial score (nSPS) is 16.5. The number of nitrogens with two attached hydrogens (primary N) is 4. The molecule has 8 atom stereocenters. The highest BCUT2D eigenvalue weighted by molar-refractivity contribution is 5.97. The lowest BCUT2D eigenvalue weighted by molar-refractivity contribution is -0.145. The maximum atomic E-state index is 14.2. The van der Waals surface area contributed by atoms with Gasteiger partial charge in [0, 0.05) is 31.4 Å². The number of aromatic amines is 1. The van der Waals surface area contributed by atoms with Crippen LogP contribution in [0.5, 0.6) is 0 Å². The van der Waals surface area contributed by atoms with E-state index in [9.17, 15) is 58.5 Å². The van der Waals surface area contributed by atoms with Crippen LogP contribution in [0, 0.1) is 5.92 Å².